The van der Waals surface area contributed by atoms with Crippen LogP contribution in [0.2, 0.25) is 0 Å². The van der Waals surface area contributed by atoms with E-state index in [1.54, 1.807) is 18.3 Å². The van der Waals surface area contributed by atoms with Gasteiger partial charge < -0.3 is 9.88 Å². The molecule has 0 aliphatic carbocycles. The number of benzene rings is 1. The SMILES string of the molecule is NS(=O)(=O)c1ccc(CNC(=O)Cc2cnc(-n3cccc3)s2)cc1. The molecule has 0 bridgehead atoms. The predicted molar refractivity (Wildman–Crippen MR) is 94.8 cm³/mol. The number of nitrogens with one attached hydrogen (secondary N) is 1. The average Bonchev–Trinajstić information content (AvgIpc) is 3.23. The molecular weight excluding hydrogens is 360 g/mol. The number of nitrogens with two attached hydrogens (primary N) is 1. The number of hydrogen-bond acceptors (Lipinski definition) is 5. The molecule has 1 amide bonds. The maximum Gasteiger partial charge on any atom is 0.238 e. The Morgan fingerprint density at radius 1 is 1.20 bits per heavy atom. The molecule has 0 saturated heterocycles. The maximum atomic E-state index is 12.1. The highest BCUT2D eigenvalue weighted by Crippen LogP contribution is 2.18. The van der Waals surface area contributed by atoms with Gasteiger partial charge in [0, 0.05) is 30.0 Å². The zero-order chi connectivity index (χ0) is 17.9. The topological polar surface area (TPSA) is 107 Å². The van der Waals surface area contributed by atoms with Crippen LogP contribution in [0.25, 0.3) is 5.13 Å². The fourth-order valence-corrected chi connectivity index (χ4v) is 3.57. The van der Waals surface area contributed by atoms with Crippen molar-refractivity contribution < 1.29 is 13.2 Å². The second-order valence-electron chi connectivity index (χ2n) is 5.34. The molecule has 0 atom stereocenters. The number of rotatable bonds is 6. The maximum absolute atomic E-state index is 12.1. The lowest BCUT2D eigenvalue weighted by Gasteiger charge is -2.05. The minimum absolute atomic E-state index is 0.0461. The predicted octanol–water partition coefficient (Wildman–Crippen LogP) is 1.44. The highest BCUT2D eigenvalue weighted by molar-refractivity contribution is 7.89. The Morgan fingerprint density at radius 3 is 2.52 bits per heavy atom. The third-order valence-electron chi connectivity index (χ3n) is 3.44. The number of thiazole rings is 1. The first kappa shape index (κ1) is 17.3. The molecule has 3 rings (SSSR count). The average molecular weight is 376 g/mol. The van der Waals surface area contributed by atoms with Crippen LogP contribution < -0.4 is 10.5 Å². The Kier molecular flexibility index (Phi) is 4.98. The molecule has 0 fully saturated rings. The normalized spacial score (nSPS) is 11.4. The lowest BCUT2D eigenvalue weighted by atomic mass is 10.2. The van der Waals surface area contributed by atoms with Crippen molar-refractivity contribution in [2.75, 3.05) is 0 Å². The molecule has 0 aliphatic heterocycles. The van der Waals surface area contributed by atoms with E-state index in [0.29, 0.717) is 6.54 Å². The molecule has 2 aromatic heterocycles. The molecule has 1 aromatic carbocycles. The smallest absolute Gasteiger partial charge is 0.238 e. The molecule has 3 N–H and O–H groups in total. The van der Waals surface area contributed by atoms with Crippen LogP contribution in [0.5, 0.6) is 0 Å². The van der Waals surface area contributed by atoms with Crippen molar-refractivity contribution in [2.45, 2.75) is 17.9 Å². The molecule has 7 nitrogen and oxygen atoms in total. The molecule has 0 radical (unpaired) electrons. The third-order valence-corrected chi connectivity index (χ3v) is 5.38. The summed E-state index contributed by atoms with van der Waals surface area (Å²) >= 11 is 1.46. The minimum Gasteiger partial charge on any atom is -0.352 e. The second-order valence-corrected chi connectivity index (χ2v) is 8.00. The molecule has 2 heterocycles. The van der Waals surface area contributed by atoms with E-state index in [1.165, 1.54) is 23.5 Å². The highest BCUT2D eigenvalue weighted by Gasteiger charge is 2.10. The largest absolute Gasteiger partial charge is 0.352 e. The van der Waals surface area contributed by atoms with Gasteiger partial charge in [0.1, 0.15) is 0 Å². The van der Waals surface area contributed by atoms with Gasteiger partial charge in [0.05, 0.1) is 11.3 Å². The van der Waals surface area contributed by atoms with Gasteiger partial charge in [-0.1, -0.05) is 12.1 Å². The summed E-state index contributed by atoms with van der Waals surface area (Å²) in [6.07, 6.45) is 5.73. The second kappa shape index (κ2) is 7.18. The van der Waals surface area contributed by atoms with E-state index in [0.717, 1.165) is 15.6 Å². The van der Waals surface area contributed by atoms with Crippen LogP contribution >= 0.6 is 11.3 Å². The molecule has 0 saturated carbocycles. The van der Waals surface area contributed by atoms with Gasteiger partial charge in [-0.05, 0) is 29.8 Å². The molecule has 25 heavy (non-hydrogen) atoms. The van der Waals surface area contributed by atoms with Crippen LogP contribution in [-0.4, -0.2) is 23.9 Å². The van der Waals surface area contributed by atoms with Crippen molar-refractivity contribution in [1.29, 1.82) is 0 Å². The van der Waals surface area contributed by atoms with Gasteiger partial charge in [0.2, 0.25) is 15.9 Å². The first-order valence-electron chi connectivity index (χ1n) is 7.38. The Morgan fingerprint density at radius 2 is 1.88 bits per heavy atom. The number of hydrogen-bond donors (Lipinski definition) is 2. The van der Waals surface area contributed by atoms with E-state index in [2.05, 4.69) is 10.3 Å². The number of primary sulfonamides is 1. The number of aromatic nitrogens is 2. The zero-order valence-electron chi connectivity index (χ0n) is 13.1. The fourth-order valence-electron chi connectivity index (χ4n) is 2.18. The Hall–Kier alpha value is -2.49. The van der Waals surface area contributed by atoms with E-state index in [9.17, 15) is 13.2 Å². The van der Waals surface area contributed by atoms with Gasteiger partial charge in [-0.15, -0.1) is 11.3 Å². The molecule has 130 valence electrons. The zero-order valence-corrected chi connectivity index (χ0v) is 14.8. The summed E-state index contributed by atoms with van der Waals surface area (Å²) in [5.41, 5.74) is 0.790. The minimum atomic E-state index is -3.70. The standard InChI is InChI=1S/C16H16N4O3S2/c17-25(22,23)14-5-3-12(4-6-14)10-18-15(21)9-13-11-19-16(24-13)20-7-1-2-8-20/h1-8,11H,9-10H2,(H,18,21)(H2,17,22,23). The van der Waals surface area contributed by atoms with Gasteiger partial charge in [0.15, 0.2) is 5.13 Å². The van der Waals surface area contributed by atoms with Gasteiger partial charge in [-0.25, -0.2) is 18.5 Å². The van der Waals surface area contributed by atoms with Gasteiger partial charge in [0.25, 0.3) is 0 Å². The Labute approximate surface area is 149 Å². The number of carbonyl (C=O) groups excluding carboxylic acids is 1. The van der Waals surface area contributed by atoms with Crippen LogP contribution in [0.3, 0.4) is 0 Å². The molecule has 0 unspecified atom stereocenters. The highest BCUT2D eigenvalue weighted by atomic mass is 32.2. The number of carbonyl (C=O) groups is 1. The number of nitrogens with zero attached hydrogens (tertiary/aromatic N) is 2. The van der Waals surface area contributed by atoms with E-state index >= 15 is 0 Å². The van der Waals surface area contributed by atoms with Crippen molar-refractivity contribution in [2.24, 2.45) is 5.14 Å². The van der Waals surface area contributed by atoms with Crippen molar-refractivity contribution in [3.05, 3.63) is 65.4 Å². The summed E-state index contributed by atoms with van der Waals surface area (Å²) in [5.74, 6) is -0.127. The van der Waals surface area contributed by atoms with Crippen LogP contribution in [0.15, 0.2) is 59.9 Å². The lowest BCUT2D eigenvalue weighted by Crippen LogP contribution is -2.24. The number of amides is 1. The summed E-state index contributed by atoms with van der Waals surface area (Å²) in [5, 5.41) is 8.66. The fraction of sp³-hybridized carbons (Fsp3) is 0.125. The molecule has 0 aliphatic rings. The molecule has 0 spiro atoms. The monoisotopic (exact) mass is 376 g/mol. The van der Waals surface area contributed by atoms with E-state index in [-0.39, 0.29) is 17.2 Å². The summed E-state index contributed by atoms with van der Waals surface area (Å²) in [7, 11) is -3.70. The van der Waals surface area contributed by atoms with Gasteiger partial charge >= 0.3 is 0 Å². The van der Waals surface area contributed by atoms with Gasteiger partial charge in [-0.2, -0.15) is 0 Å². The summed E-state index contributed by atoms with van der Waals surface area (Å²) in [6, 6.07) is 9.91. The first-order chi connectivity index (χ1) is 11.9. The van der Waals surface area contributed by atoms with Crippen LogP contribution in [-0.2, 0) is 27.8 Å². The molecule has 9 heteroatoms. The Balaban J connectivity index is 1.55. The summed E-state index contributed by atoms with van der Waals surface area (Å²) in [6.45, 7) is 0.312. The molecule has 3 aromatic rings. The van der Waals surface area contributed by atoms with Crippen molar-refractivity contribution in [1.82, 2.24) is 14.9 Å². The quantitative estimate of drug-likeness (QED) is 0.679. The van der Waals surface area contributed by atoms with Crippen LogP contribution in [0.1, 0.15) is 10.4 Å². The van der Waals surface area contributed by atoms with E-state index in [1.807, 2.05) is 29.1 Å². The molecular formula is C16H16N4O3S2. The first-order valence-corrected chi connectivity index (χ1v) is 9.74. The van der Waals surface area contributed by atoms with Crippen molar-refractivity contribution in [3.63, 3.8) is 0 Å². The van der Waals surface area contributed by atoms with Crippen LogP contribution in [0.4, 0.5) is 0 Å². The lowest BCUT2D eigenvalue weighted by molar-refractivity contribution is -0.120. The summed E-state index contributed by atoms with van der Waals surface area (Å²) in [4.78, 5) is 17.3. The van der Waals surface area contributed by atoms with Crippen molar-refractivity contribution in [3.8, 4) is 5.13 Å². The summed E-state index contributed by atoms with van der Waals surface area (Å²) < 4.78 is 24.3. The number of sulfonamides is 1. The Bertz CT molecular complexity index is 961. The van der Waals surface area contributed by atoms with Crippen molar-refractivity contribution >= 4 is 27.3 Å². The van der Waals surface area contributed by atoms with Crippen LogP contribution in [0, 0.1) is 0 Å². The third kappa shape index (κ3) is 4.53. The van der Waals surface area contributed by atoms with Gasteiger partial charge in [-0.3, -0.25) is 4.79 Å². The van der Waals surface area contributed by atoms with E-state index < -0.39 is 10.0 Å². The van der Waals surface area contributed by atoms with E-state index in [4.69, 9.17) is 5.14 Å².